The Hall–Kier alpha value is -2.00. The number of piperazine rings is 1. The van der Waals surface area contributed by atoms with Crippen LogP contribution in [-0.2, 0) is 10.0 Å². The number of nitrogens with zero attached hydrogens (tertiary/aromatic N) is 2. The topological polar surface area (TPSA) is 92.6 Å². The van der Waals surface area contributed by atoms with E-state index in [4.69, 9.17) is 11.6 Å². The van der Waals surface area contributed by atoms with Crippen molar-refractivity contribution in [3.8, 4) is 0 Å². The molecule has 138 valence electrons. The normalized spacial score (nSPS) is 18.6. The molecule has 1 atom stereocenters. The third-order valence-corrected chi connectivity index (χ3v) is 6.52. The molecule has 1 aliphatic heterocycles. The summed E-state index contributed by atoms with van der Waals surface area (Å²) < 4.78 is 27.8. The van der Waals surface area contributed by atoms with Crippen LogP contribution in [0.25, 0.3) is 0 Å². The molecular weight excluding hydrogens is 378 g/mol. The Kier molecular flexibility index (Phi) is 5.29. The number of hydrogen-bond acceptors (Lipinski definition) is 5. The summed E-state index contributed by atoms with van der Waals surface area (Å²) in [4.78, 5) is 10.4. The second kappa shape index (κ2) is 7.32. The van der Waals surface area contributed by atoms with Crippen molar-refractivity contribution in [2.24, 2.45) is 0 Å². The van der Waals surface area contributed by atoms with E-state index in [1.165, 1.54) is 16.4 Å². The van der Waals surface area contributed by atoms with E-state index in [1.54, 1.807) is 37.3 Å². The van der Waals surface area contributed by atoms with Crippen molar-refractivity contribution in [1.29, 1.82) is 0 Å². The predicted octanol–water partition coefficient (Wildman–Crippen LogP) is 2.89. The second-order valence-corrected chi connectivity index (χ2v) is 8.41. The van der Waals surface area contributed by atoms with E-state index >= 15 is 0 Å². The maximum Gasteiger partial charge on any atom is 0.289 e. The lowest BCUT2D eigenvalue weighted by molar-refractivity contribution is -0.387. The number of nitro groups is 1. The zero-order chi connectivity index (χ0) is 18.9. The van der Waals surface area contributed by atoms with Crippen LogP contribution >= 0.6 is 11.6 Å². The zero-order valence-electron chi connectivity index (χ0n) is 14.1. The fourth-order valence-corrected chi connectivity index (χ4v) is 5.04. The molecule has 0 amide bonds. The van der Waals surface area contributed by atoms with Gasteiger partial charge in [-0.1, -0.05) is 29.8 Å². The molecule has 2 aromatic rings. The Balaban J connectivity index is 2.09. The van der Waals surface area contributed by atoms with Crippen LogP contribution in [0.4, 0.5) is 5.69 Å². The average Bonchev–Trinajstić information content (AvgIpc) is 2.61. The summed E-state index contributed by atoms with van der Waals surface area (Å²) in [6.07, 6.45) is 0. The molecule has 1 heterocycles. The van der Waals surface area contributed by atoms with Crippen LogP contribution in [0, 0.1) is 17.0 Å². The van der Waals surface area contributed by atoms with Crippen LogP contribution in [0.3, 0.4) is 0 Å². The van der Waals surface area contributed by atoms with Gasteiger partial charge >= 0.3 is 0 Å². The van der Waals surface area contributed by atoms with Gasteiger partial charge in [0.05, 0.1) is 11.0 Å². The highest BCUT2D eigenvalue weighted by Gasteiger charge is 2.38. The summed E-state index contributed by atoms with van der Waals surface area (Å²) in [5, 5.41) is 15.1. The van der Waals surface area contributed by atoms with E-state index in [9.17, 15) is 18.5 Å². The Labute approximate surface area is 156 Å². The Morgan fingerprint density at radius 1 is 1.27 bits per heavy atom. The highest BCUT2D eigenvalue weighted by molar-refractivity contribution is 7.89. The first kappa shape index (κ1) is 18.8. The van der Waals surface area contributed by atoms with Crippen LogP contribution in [0.1, 0.15) is 17.2 Å². The molecule has 2 aromatic carbocycles. The van der Waals surface area contributed by atoms with Gasteiger partial charge in [0, 0.05) is 30.7 Å². The number of nitrogens with one attached hydrogen (secondary N) is 1. The number of sulfonamides is 1. The first-order chi connectivity index (χ1) is 12.3. The lowest BCUT2D eigenvalue weighted by Crippen LogP contribution is -2.48. The van der Waals surface area contributed by atoms with Crippen molar-refractivity contribution in [2.75, 3.05) is 19.6 Å². The maximum atomic E-state index is 13.3. The van der Waals surface area contributed by atoms with Gasteiger partial charge < -0.3 is 5.32 Å². The molecule has 7 nitrogen and oxygen atoms in total. The van der Waals surface area contributed by atoms with Crippen molar-refractivity contribution < 1.29 is 13.3 Å². The lowest BCUT2D eigenvalue weighted by Gasteiger charge is -2.35. The lowest BCUT2D eigenvalue weighted by atomic mass is 10.1. The molecule has 1 unspecified atom stereocenters. The summed E-state index contributed by atoms with van der Waals surface area (Å²) in [5.74, 6) is 0. The van der Waals surface area contributed by atoms with Crippen molar-refractivity contribution in [3.05, 3.63) is 68.7 Å². The predicted molar refractivity (Wildman–Crippen MR) is 98.8 cm³/mol. The number of benzene rings is 2. The minimum absolute atomic E-state index is 0.213. The molecule has 0 radical (unpaired) electrons. The quantitative estimate of drug-likeness (QED) is 0.634. The van der Waals surface area contributed by atoms with Gasteiger partial charge in [-0.05, 0) is 36.2 Å². The van der Waals surface area contributed by atoms with Gasteiger partial charge in [0.1, 0.15) is 0 Å². The third-order valence-electron chi connectivity index (χ3n) is 4.33. The summed E-state index contributed by atoms with van der Waals surface area (Å²) in [7, 11) is -4.06. The monoisotopic (exact) mass is 395 g/mol. The Morgan fingerprint density at radius 3 is 2.73 bits per heavy atom. The smallest absolute Gasteiger partial charge is 0.289 e. The largest absolute Gasteiger partial charge is 0.313 e. The molecular formula is C17H18ClN3O4S. The molecule has 0 aromatic heterocycles. The maximum absolute atomic E-state index is 13.3. The van der Waals surface area contributed by atoms with Gasteiger partial charge in [-0.2, -0.15) is 4.31 Å². The molecule has 1 fully saturated rings. The average molecular weight is 396 g/mol. The van der Waals surface area contributed by atoms with Crippen LogP contribution in [0.2, 0.25) is 5.02 Å². The molecule has 0 saturated carbocycles. The minimum atomic E-state index is -4.06. The van der Waals surface area contributed by atoms with Gasteiger partial charge in [-0.25, -0.2) is 8.42 Å². The van der Waals surface area contributed by atoms with E-state index in [0.717, 1.165) is 5.56 Å². The highest BCUT2D eigenvalue weighted by Crippen LogP contribution is 2.34. The second-order valence-electron chi connectivity index (χ2n) is 6.12. The highest BCUT2D eigenvalue weighted by atomic mass is 35.5. The molecule has 1 N–H and O–H groups in total. The molecule has 0 aliphatic carbocycles. The van der Waals surface area contributed by atoms with E-state index < -0.39 is 26.7 Å². The number of hydrogen-bond donors (Lipinski definition) is 1. The van der Waals surface area contributed by atoms with Gasteiger partial charge in [0.2, 0.25) is 0 Å². The van der Waals surface area contributed by atoms with E-state index in [0.29, 0.717) is 23.7 Å². The molecule has 3 rings (SSSR count). The number of aryl methyl sites for hydroxylation is 1. The first-order valence-electron chi connectivity index (χ1n) is 8.04. The van der Waals surface area contributed by atoms with Gasteiger partial charge in [0.25, 0.3) is 15.7 Å². The SMILES string of the molecule is Cc1ccc(S(=O)(=O)N2CCNCC2c2cccc(Cl)c2)c([N+](=O)[O-])c1. The molecule has 0 bridgehead atoms. The summed E-state index contributed by atoms with van der Waals surface area (Å²) >= 11 is 6.05. The van der Waals surface area contributed by atoms with Crippen LogP contribution in [-0.4, -0.2) is 37.3 Å². The van der Waals surface area contributed by atoms with Crippen molar-refractivity contribution in [1.82, 2.24) is 9.62 Å². The Morgan fingerprint density at radius 2 is 2.04 bits per heavy atom. The van der Waals surface area contributed by atoms with E-state index in [-0.39, 0.29) is 11.4 Å². The standard InChI is InChI=1S/C17H18ClN3O4S/c1-12-5-6-17(15(9-12)21(22)23)26(24,25)20-8-7-19-11-16(20)13-3-2-4-14(18)10-13/h2-6,9-10,16,19H,7-8,11H2,1H3. The van der Waals surface area contributed by atoms with Crippen molar-refractivity contribution in [2.45, 2.75) is 17.9 Å². The van der Waals surface area contributed by atoms with Crippen molar-refractivity contribution >= 4 is 27.3 Å². The fourth-order valence-electron chi connectivity index (χ4n) is 3.09. The van der Waals surface area contributed by atoms with Crippen LogP contribution in [0.5, 0.6) is 0 Å². The van der Waals surface area contributed by atoms with Gasteiger partial charge in [-0.15, -0.1) is 0 Å². The number of rotatable bonds is 4. The molecule has 1 saturated heterocycles. The number of nitro benzene ring substituents is 1. The Bertz CT molecular complexity index is 949. The van der Waals surface area contributed by atoms with Crippen LogP contribution in [0.15, 0.2) is 47.4 Å². The fraction of sp³-hybridized carbons (Fsp3) is 0.294. The van der Waals surface area contributed by atoms with E-state index in [2.05, 4.69) is 5.32 Å². The molecule has 9 heteroatoms. The summed E-state index contributed by atoms with van der Waals surface area (Å²) in [5.41, 5.74) is 0.957. The van der Waals surface area contributed by atoms with Gasteiger partial charge in [0.15, 0.2) is 4.90 Å². The minimum Gasteiger partial charge on any atom is -0.313 e. The zero-order valence-corrected chi connectivity index (χ0v) is 15.6. The number of halogens is 1. The summed E-state index contributed by atoms with van der Waals surface area (Å²) in [6.45, 7) is 2.77. The summed E-state index contributed by atoms with van der Waals surface area (Å²) in [6, 6.07) is 10.6. The molecule has 1 aliphatic rings. The molecule has 26 heavy (non-hydrogen) atoms. The van der Waals surface area contributed by atoms with Crippen molar-refractivity contribution in [3.63, 3.8) is 0 Å². The van der Waals surface area contributed by atoms with Crippen LogP contribution < -0.4 is 5.32 Å². The van der Waals surface area contributed by atoms with E-state index in [1.807, 2.05) is 0 Å². The molecule has 0 spiro atoms. The van der Waals surface area contributed by atoms with Gasteiger partial charge in [-0.3, -0.25) is 10.1 Å². The third kappa shape index (κ3) is 3.59. The first-order valence-corrected chi connectivity index (χ1v) is 9.85.